The number of hydrogen-bond acceptors (Lipinski definition) is 9. The molecule has 0 spiro atoms. The fourth-order valence-corrected chi connectivity index (χ4v) is 3.60. The van der Waals surface area contributed by atoms with Gasteiger partial charge < -0.3 is 30.2 Å². The van der Waals surface area contributed by atoms with Gasteiger partial charge in [0.15, 0.2) is 0 Å². The molecule has 0 amide bonds. The number of nitrogen functional groups attached to an aromatic ring is 1. The molecule has 0 radical (unpaired) electrons. The molecule has 1 aliphatic heterocycles. The average Bonchev–Trinajstić information content (AvgIpc) is 2.83. The Labute approximate surface area is 185 Å². The van der Waals surface area contributed by atoms with Crippen molar-refractivity contribution in [3.05, 3.63) is 60.1 Å². The van der Waals surface area contributed by atoms with Gasteiger partial charge in [0, 0.05) is 43.4 Å². The van der Waals surface area contributed by atoms with Crippen LogP contribution in [0.4, 0.5) is 17.5 Å². The molecule has 0 saturated carbocycles. The van der Waals surface area contributed by atoms with Crippen LogP contribution in [-0.4, -0.2) is 53.5 Å². The third kappa shape index (κ3) is 4.23. The lowest BCUT2D eigenvalue weighted by molar-refractivity contribution is -0.112. The number of pyridine rings is 1. The summed E-state index contributed by atoms with van der Waals surface area (Å²) >= 11 is 0. The molecule has 3 N–H and O–H groups in total. The number of carbonyl (C=O) groups excluding carboxylic acids is 1. The van der Waals surface area contributed by atoms with E-state index >= 15 is 0 Å². The lowest BCUT2D eigenvalue weighted by Crippen LogP contribution is -2.31. The van der Waals surface area contributed by atoms with Crippen molar-refractivity contribution in [3.63, 3.8) is 0 Å². The molecular formula is C23H24N6O3. The topological polar surface area (TPSA) is 115 Å². The number of methoxy groups -OCH3 is 2. The number of aromatic nitrogens is 3. The molecule has 32 heavy (non-hydrogen) atoms. The first-order valence-corrected chi connectivity index (χ1v) is 10.1. The fraction of sp³-hybridized carbons (Fsp3) is 0.217. The highest BCUT2D eigenvalue weighted by molar-refractivity contribution is 5.80. The van der Waals surface area contributed by atoms with E-state index in [0.717, 1.165) is 23.1 Å². The minimum atomic E-state index is -0.522. The van der Waals surface area contributed by atoms with Gasteiger partial charge in [0.1, 0.15) is 23.9 Å². The molecule has 4 rings (SSSR count). The Hall–Kier alpha value is -3.98. The molecule has 0 fully saturated rings. The van der Waals surface area contributed by atoms with Crippen molar-refractivity contribution >= 4 is 29.8 Å². The summed E-state index contributed by atoms with van der Waals surface area (Å²) in [6.07, 6.45) is 8.02. The van der Waals surface area contributed by atoms with E-state index < -0.39 is 6.04 Å². The van der Waals surface area contributed by atoms with E-state index in [1.165, 1.54) is 0 Å². The van der Waals surface area contributed by atoms with Crippen LogP contribution in [-0.2, 0) is 9.53 Å². The first-order valence-electron chi connectivity index (χ1n) is 10.1. The van der Waals surface area contributed by atoms with Crippen LogP contribution in [0.3, 0.4) is 0 Å². The van der Waals surface area contributed by atoms with Gasteiger partial charge in [0.2, 0.25) is 5.95 Å². The van der Waals surface area contributed by atoms with Crippen molar-refractivity contribution in [1.29, 1.82) is 0 Å². The highest BCUT2D eigenvalue weighted by Gasteiger charge is 2.28. The maximum Gasteiger partial charge on any atom is 0.219 e. The zero-order valence-corrected chi connectivity index (χ0v) is 17.9. The molecule has 0 bridgehead atoms. The summed E-state index contributed by atoms with van der Waals surface area (Å²) in [5.74, 6) is 1.39. The number of nitrogens with two attached hydrogens (primary N) is 1. The number of anilines is 3. The molecule has 3 aromatic rings. The maximum atomic E-state index is 12.2. The van der Waals surface area contributed by atoms with Gasteiger partial charge in [-0.25, -0.2) is 15.0 Å². The van der Waals surface area contributed by atoms with E-state index in [-0.39, 0.29) is 5.95 Å². The number of aldehydes is 1. The summed E-state index contributed by atoms with van der Waals surface area (Å²) < 4.78 is 10.7. The highest BCUT2D eigenvalue weighted by Crippen LogP contribution is 2.38. The molecule has 1 aromatic carbocycles. The molecule has 3 heterocycles. The van der Waals surface area contributed by atoms with Gasteiger partial charge in [-0.2, -0.15) is 0 Å². The molecule has 164 valence electrons. The Balaban J connectivity index is 1.85. The van der Waals surface area contributed by atoms with Gasteiger partial charge in [0.25, 0.3) is 0 Å². The van der Waals surface area contributed by atoms with Crippen LogP contribution in [0.2, 0.25) is 0 Å². The second kappa shape index (κ2) is 9.44. The SMILES string of the molecule is COCCN1C=Cc2cc(-c3cnc(N)nc3)nc(Nc3ccccc3OC)c2C1C=O. The van der Waals surface area contributed by atoms with Gasteiger partial charge in [-0.05, 0) is 29.8 Å². The number of nitrogens with zero attached hydrogens (tertiary/aromatic N) is 4. The van der Waals surface area contributed by atoms with Gasteiger partial charge in [0.05, 0.1) is 25.1 Å². The molecule has 1 aliphatic rings. The Morgan fingerprint density at radius 2 is 2.00 bits per heavy atom. The standard InChI is InChI=1S/C23H24N6O3/c1-31-10-9-29-8-7-15-11-18(16-12-25-23(24)26-13-16)28-22(21(15)19(29)14-30)27-17-5-3-4-6-20(17)32-2/h3-8,11-14,19H,9-10H2,1-2H3,(H,27,28)(H2,24,25,26). The summed E-state index contributed by atoms with van der Waals surface area (Å²) in [6.45, 7) is 1.06. The number of hydrogen-bond donors (Lipinski definition) is 2. The van der Waals surface area contributed by atoms with Crippen LogP contribution in [0, 0.1) is 0 Å². The van der Waals surface area contributed by atoms with E-state index in [4.69, 9.17) is 20.2 Å². The molecule has 0 saturated heterocycles. The van der Waals surface area contributed by atoms with Gasteiger partial charge in [-0.15, -0.1) is 0 Å². The minimum Gasteiger partial charge on any atom is -0.495 e. The van der Waals surface area contributed by atoms with Crippen LogP contribution < -0.4 is 15.8 Å². The van der Waals surface area contributed by atoms with Crippen LogP contribution in [0.5, 0.6) is 5.75 Å². The largest absolute Gasteiger partial charge is 0.495 e. The number of ether oxygens (including phenoxy) is 2. The number of rotatable bonds is 8. The Morgan fingerprint density at radius 1 is 1.22 bits per heavy atom. The lowest BCUT2D eigenvalue weighted by atomic mass is 9.95. The smallest absolute Gasteiger partial charge is 0.219 e. The molecule has 0 aliphatic carbocycles. The molecule has 2 aromatic heterocycles. The van der Waals surface area contributed by atoms with E-state index in [1.807, 2.05) is 47.5 Å². The maximum absolute atomic E-state index is 12.2. The van der Waals surface area contributed by atoms with Crippen LogP contribution in [0.1, 0.15) is 17.2 Å². The third-order valence-corrected chi connectivity index (χ3v) is 5.20. The number of para-hydroxylation sites is 2. The zero-order valence-electron chi connectivity index (χ0n) is 17.9. The van der Waals surface area contributed by atoms with Gasteiger partial charge >= 0.3 is 0 Å². The van der Waals surface area contributed by atoms with E-state index in [1.54, 1.807) is 26.6 Å². The monoisotopic (exact) mass is 432 g/mol. The van der Waals surface area contributed by atoms with Gasteiger partial charge in [-0.1, -0.05) is 12.1 Å². The fourth-order valence-electron chi connectivity index (χ4n) is 3.60. The average molecular weight is 432 g/mol. The highest BCUT2D eigenvalue weighted by atomic mass is 16.5. The quantitative estimate of drug-likeness (QED) is 0.518. The normalized spacial score (nSPS) is 14.7. The first-order chi connectivity index (χ1) is 15.6. The van der Waals surface area contributed by atoms with Crippen molar-refractivity contribution in [2.45, 2.75) is 6.04 Å². The summed E-state index contributed by atoms with van der Waals surface area (Å²) in [4.78, 5) is 27.1. The second-order valence-corrected chi connectivity index (χ2v) is 7.14. The minimum absolute atomic E-state index is 0.189. The summed E-state index contributed by atoms with van der Waals surface area (Å²) in [6, 6.07) is 8.93. The third-order valence-electron chi connectivity index (χ3n) is 5.20. The molecular weight excluding hydrogens is 408 g/mol. The molecule has 9 nitrogen and oxygen atoms in total. The number of nitrogens with one attached hydrogen (secondary N) is 1. The zero-order chi connectivity index (χ0) is 22.5. The molecule has 1 unspecified atom stereocenters. The van der Waals surface area contributed by atoms with Crippen molar-refractivity contribution in [1.82, 2.24) is 19.9 Å². The van der Waals surface area contributed by atoms with Crippen LogP contribution in [0.15, 0.2) is 48.9 Å². The summed E-state index contributed by atoms with van der Waals surface area (Å²) in [5.41, 5.74) is 9.37. The number of carbonyl (C=O) groups is 1. The Bertz CT molecular complexity index is 1130. The number of fused-ring (bicyclic) bond motifs is 1. The second-order valence-electron chi connectivity index (χ2n) is 7.14. The van der Waals surface area contributed by atoms with Crippen LogP contribution in [0.25, 0.3) is 17.3 Å². The summed E-state index contributed by atoms with van der Waals surface area (Å²) in [5, 5.41) is 3.36. The van der Waals surface area contributed by atoms with E-state index in [9.17, 15) is 4.79 Å². The Morgan fingerprint density at radius 3 is 2.72 bits per heavy atom. The molecule has 9 heteroatoms. The van der Waals surface area contributed by atoms with Crippen molar-refractivity contribution in [3.8, 4) is 17.0 Å². The van der Waals surface area contributed by atoms with E-state index in [0.29, 0.717) is 36.0 Å². The Kier molecular flexibility index (Phi) is 6.27. The number of benzene rings is 1. The predicted octanol–water partition coefficient (Wildman–Crippen LogP) is 3.05. The van der Waals surface area contributed by atoms with E-state index in [2.05, 4.69) is 15.3 Å². The van der Waals surface area contributed by atoms with Crippen molar-refractivity contribution in [2.75, 3.05) is 38.4 Å². The lowest BCUT2D eigenvalue weighted by Gasteiger charge is -2.32. The van der Waals surface area contributed by atoms with Crippen molar-refractivity contribution < 1.29 is 14.3 Å². The van der Waals surface area contributed by atoms with Gasteiger partial charge in [-0.3, -0.25) is 0 Å². The van der Waals surface area contributed by atoms with Crippen LogP contribution >= 0.6 is 0 Å². The molecule has 1 atom stereocenters. The predicted molar refractivity (Wildman–Crippen MR) is 122 cm³/mol. The van der Waals surface area contributed by atoms with Crippen molar-refractivity contribution in [2.24, 2.45) is 0 Å². The first kappa shape index (κ1) is 21.3. The summed E-state index contributed by atoms with van der Waals surface area (Å²) in [7, 11) is 3.24.